The molecule has 14 heteroatoms. The van der Waals surface area contributed by atoms with Crippen molar-refractivity contribution in [3.8, 4) is 6.01 Å². The number of hydrogen-bond acceptors (Lipinski definition) is 11. The van der Waals surface area contributed by atoms with Crippen molar-refractivity contribution in [2.45, 2.75) is 51.9 Å². The van der Waals surface area contributed by atoms with Gasteiger partial charge in [-0.2, -0.15) is 9.97 Å². The Bertz CT molecular complexity index is 1110. The molecule has 1 aromatic heterocycles. The number of ether oxygens (including phenoxy) is 3. The van der Waals surface area contributed by atoms with Crippen LogP contribution in [0, 0.1) is 10.1 Å². The van der Waals surface area contributed by atoms with E-state index < -0.39 is 30.8 Å². The molecule has 2 aromatic rings. The van der Waals surface area contributed by atoms with E-state index >= 15 is 0 Å². The number of anilines is 2. The first-order valence-electron chi connectivity index (χ1n) is 12.2. The monoisotopic (exact) mass is 551 g/mol. The Hall–Kier alpha value is -3.33. The number of rotatable bonds is 14. The van der Waals surface area contributed by atoms with Gasteiger partial charge < -0.3 is 29.8 Å². The van der Waals surface area contributed by atoms with Crippen molar-refractivity contribution in [2.24, 2.45) is 0 Å². The lowest BCUT2D eigenvalue weighted by Crippen LogP contribution is -2.40. The van der Waals surface area contributed by atoms with Crippen LogP contribution in [0.15, 0.2) is 24.3 Å². The van der Waals surface area contributed by atoms with Crippen LogP contribution in [0.25, 0.3) is 0 Å². The van der Waals surface area contributed by atoms with E-state index in [1.807, 2.05) is 45.1 Å². The van der Waals surface area contributed by atoms with Crippen molar-refractivity contribution >= 4 is 31.7 Å². The van der Waals surface area contributed by atoms with E-state index in [0.717, 1.165) is 10.5 Å². The largest absolute Gasteiger partial charge is 0.461 e. The highest BCUT2D eigenvalue weighted by molar-refractivity contribution is 6.72. The van der Waals surface area contributed by atoms with Gasteiger partial charge in [0, 0.05) is 0 Å². The smallest absolute Gasteiger partial charge is 0.415 e. The summed E-state index contributed by atoms with van der Waals surface area (Å²) in [5, 5.41) is 20.4. The average molecular weight is 552 g/mol. The van der Waals surface area contributed by atoms with Crippen LogP contribution in [0.4, 0.5) is 22.1 Å². The lowest BCUT2D eigenvalue weighted by atomic mass is 10.00. The van der Waals surface area contributed by atoms with Crippen LogP contribution in [0.1, 0.15) is 31.9 Å². The van der Waals surface area contributed by atoms with Crippen molar-refractivity contribution in [2.75, 3.05) is 43.7 Å². The Morgan fingerprint density at radius 3 is 2.50 bits per heavy atom. The molecule has 0 spiro atoms. The summed E-state index contributed by atoms with van der Waals surface area (Å²) in [6, 6.07) is 7.11. The predicted octanol–water partition coefficient (Wildman–Crippen LogP) is 3.04. The fourth-order valence-electron chi connectivity index (χ4n) is 3.40. The van der Waals surface area contributed by atoms with Crippen LogP contribution < -0.4 is 15.4 Å². The molecular formula is C24H37N5O8Si. The van der Waals surface area contributed by atoms with Crippen LogP contribution in [0.3, 0.4) is 0 Å². The standard InChI is InChI=1S/C24H37N5O8Si/c1-6-36-23(31)28(16-18-9-7-8-17(14-18)15-24(2,3)38(4,5)34)21-19(29(32)33)20(25)26-22(27-21)37-13-12-35-11-10-30/h7-9,14,30,34H,6,10-13,15-16H2,1-5H3,(H2,25,26,27). The SMILES string of the molecule is CCOC(=O)N(Cc1cccc(CC(C)(C)[Si](C)(C)O)c1)c1nc(OCCOCCO)nc(N)c1[N+](=O)[O-]. The molecule has 210 valence electrons. The highest BCUT2D eigenvalue weighted by Crippen LogP contribution is 2.39. The van der Waals surface area contributed by atoms with E-state index in [4.69, 9.17) is 25.1 Å². The second-order valence-corrected chi connectivity index (χ2v) is 14.2. The van der Waals surface area contributed by atoms with Crippen molar-refractivity contribution in [1.29, 1.82) is 0 Å². The third-order valence-corrected chi connectivity index (χ3v) is 9.62. The molecule has 1 amide bonds. The summed E-state index contributed by atoms with van der Waals surface area (Å²) >= 11 is 0. The summed E-state index contributed by atoms with van der Waals surface area (Å²) in [4.78, 5) is 43.8. The van der Waals surface area contributed by atoms with E-state index in [0.29, 0.717) is 12.0 Å². The van der Waals surface area contributed by atoms with Crippen molar-refractivity contribution in [1.82, 2.24) is 9.97 Å². The minimum absolute atomic E-state index is 0.0154. The predicted molar refractivity (Wildman–Crippen MR) is 144 cm³/mol. The molecule has 0 saturated carbocycles. The Kier molecular flexibility index (Phi) is 10.9. The third-order valence-electron chi connectivity index (χ3n) is 6.13. The molecule has 1 heterocycles. The highest BCUT2D eigenvalue weighted by atomic mass is 28.4. The summed E-state index contributed by atoms with van der Waals surface area (Å²) in [5.74, 6) is -0.854. The van der Waals surface area contributed by atoms with Gasteiger partial charge in [0.1, 0.15) is 6.61 Å². The molecule has 0 atom stereocenters. The summed E-state index contributed by atoms with van der Waals surface area (Å²) in [6.45, 7) is 9.38. The lowest BCUT2D eigenvalue weighted by molar-refractivity contribution is -0.383. The molecule has 0 aliphatic heterocycles. The summed E-state index contributed by atoms with van der Waals surface area (Å²) in [5.41, 5.74) is 6.82. The Labute approximate surface area is 222 Å². The zero-order chi connectivity index (χ0) is 28.5. The number of nitrogen functional groups attached to an aromatic ring is 1. The summed E-state index contributed by atoms with van der Waals surface area (Å²) < 4.78 is 15.7. The number of aromatic nitrogens is 2. The molecule has 38 heavy (non-hydrogen) atoms. The maximum atomic E-state index is 13.0. The number of benzene rings is 1. The molecule has 4 N–H and O–H groups in total. The van der Waals surface area contributed by atoms with Crippen molar-refractivity contribution in [3.63, 3.8) is 0 Å². The van der Waals surface area contributed by atoms with Crippen LogP contribution >= 0.6 is 0 Å². The first kappa shape index (κ1) is 30.9. The van der Waals surface area contributed by atoms with Crippen LogP contribution in [0.5, 0.6) is 6.01 Å². The maximum absolute atomic E-state index is 13.0. The van der Waals surface area contributed by atoms with E-state index in [1.165, 1.54) is 0 Å². The fraction of sp³-hybridized carbons (Fsp3) is 0.542. The number of aliphatic hydroxyl groups is 1. The maximum Gasteiger partial charge on any atom is 0.415 e. The third kappa shape index (κ3) is 8.34. The second-order valence-electron chi connectivity index (χ2n) is 9.73. The molecule has 0 bridgehead atoms. The van der Waals surface area contributed by atoms with Gasteiger partial charge in [-0.1, -0.05) is 38.1 Å². The minimum Gasteiger partial charge on any atom is -0.461 e. The number of nitro groups is 1. The summed E-state index contributed by atoms with van der Waals surface area (Å²) in [6.07, 6.45) is -0.257. The number of aliphatic hydroxyl groups excluding tert-OH is 1. The number of nitrogens with zero attached hydrogens (tertiary/aromatic N) is 4. The Morgan fingerprint density at radius 2 is 1.89 bits per heavy atom. The average Bonchev–Trinajstić information content (AvgIpc) is 2.81. The first-order valence-corrected chi connectivity index (χ1v) is 15.1. The first-order chi connectivity index (χ1) is 17.8. The number of nitrogens with two attached hydrogens (primary N) is 1. The minimum atomic E-state index is -2.48. The van der Waals surface area contributed by atoms with E-state index in [9.17, 15) is 19.7 Å². The van der Waals surface area contributed by atoms with E-state index in [-0.39, 0.29) is 56.4 Å². The number of amides is 1. The lowest BCUT2D eigenvalue weighted by Gasteiger charge is -2.35. The van der Waals surface area contributed by atoms with Gasteiger partial charge in [0.25, 0.3) is 0 Å². The molecule has 0 aliphatic carbocycles. The quantitative estimate of drug-likeness (QED) is 0.136. The van der Waals surface area contributed by atoms with Crippen LogP contribution in [0.2, 0.25) is 18.1 Å². The van der Waals surface area contributed by atoms with Gasteiger partial charge in [0.2, 0.25) is 11.6 Å². The van der Waals surface area contributed by atoms with Crippen molar-refractivity contribution < 1.29 is 33.8 Å². The molecule has 0 aliphatic rings. The molecule has 0 fully saturated rings. The number of carbonyl (C=O) groups excluding carboxylic acids is 1. The number of hydrogen-bond donors (Lipinski definition) is 3. The summed E-state index contributed by atoms with van der Waals surface area (Å²) in [7, 11) is -2.48. The molecular weight excluding hydrogens is 514 g/mol. The fourth-order valence-corrected chi connectivity index (χ4v) is 4.04. The molecule has 13 nitrogen and oxygen atoms in total. The highest BCUT2D eigenvalue weighted by Gasteiger charge is 2.38. The van der Waals surface area contributed by atoms with E-state index in [2.05, 4.69) is 9.97 Å². The van der Waals surface area contributed by atoms with Crippen LogP contribution in [-0.4, -0.2) is 72.2 Å². The zero-order valence-corrected chi connectivity index (χ0v) is 23.5. The van der Waals surface area contributed by atoms with E-state index in [1.54, 1.807) is 13.0 Å². The van der Waals surface area contributed by atoms with Gasteiger partial charge in [-0.25, -0.2) is 4.79 Å². The molecule has 2 rings (SSSR count). The van der Waals surface area contributed by atoms with Gasteiger partial charge in [-0.05, 0) is 42.6 Å². The van der Waals surface area contributed by atoms with Crippen molar-refractivity contribution in [3.05, 3.63) is 45.5 Å². The van der Waals surface area contributed by atoms with Gasteiger partial charge >= 0.3 is 17.8 Å². The normalized spacial score (nSPS) is 11.8. The molecule has 0 radical (unpaired) electrons. The van der Waals surface area contributed by atoms with Gasteiger partial charge in [-0.3, -0.25) is 15.0 Å². The van der Waals surface area contributed by atoms with Gasteiger partial charge in [0.05, 0.1) is 37.9 Å². The zero-order valence-electron chi connectivity index (χ0n) is 22.5. The van der Waals surface area contributed by atoms with Crippen LogP contribution in [-0.2, 0) is 22.4 Å². The topological polar surface area (TPSA) is 183 Å². The van der Waals surface area contributed by atoms with Gasteiger partial charge in [0.15, 0.2) is 8.32 Å². The second kappa shape index (κ2) is 13.5. The molecule has 0 unspecified atom stereocenters. The molecule has 0 saturated heterocycles. The Balaban J connectivity index is 2.46. The number of carbonyl (C=O) groups is 1. The van der Waals surface area contributed by atoms with Gasteiger partial charge in [-0.15, -0.1) is 0 Å². The molecule has 1 aromatic carbocycles. The Morgan fingerprint density at radius 1 is 1.21 bits per heavy atom.